The Morgan fingerprint density at radius 3 is 2.64 bits per heavy atom. The maximum absolute atomic E-state index is 12.4. The van der Waals surface area contributed by atoms with Crippen molar-refractivity contribution in [2.24, 2.45) is 0 Å². The standard InChI is InChI=1S/C16H21NO4S/c1-12-11-16(13(2)10-15(12)20-3)22(18,19)17-8-4-6-14-7-5-9-21-14/h5,7,9-11,17H,4,6,8H2,1-3H3. The van der Waals surface area contributed by atoms with E-state index in [0.29, 0.717) is 35.6 Å². The van der Waals surface area contributed by atoms with Crippen molar-refractivity contribution in [3.05, 3.63) is 47.4 Å². The molecule has 1 aromatic carbocycles. The van der Waals surface area contributed by atoms with Crippen LogP contribution in [-0.4, -0.2) is 22.1 Å². The van der Waals surface area contributed by atoms with Gasteiger partial charge in [0.25, 0.3) is 0 Å². The van der Waals surface area contributed by atoms with E-state index < -0.39 is 10.0 Å². The van der Waals surface area contributed by atoms with Crippen LogP contribution in [0.25, 0.3) is 0 Å². The van der Waals surface area contributed by atoms with Gasteiger partial charge in [0.15, 0.2) is 0 Å². The SMILES string of the molecule is COc1cc(C)c(S(=O)(=O)NCCCc2ccco2)cc1C. The number of rotatable bonds is 7. The van der Waals surface area contributed by atoms with Crippen molar-refractivity contribution in [2.75, 3.05) is 13.7 Å². The molecular formula is C16H21NO4S. The van der Waals surface area contributed by atoms with Crippen LogP contribution in [0.3, 0.4) is 0 Å². The highest BCUT2D eigenvalue weighted by Crippen LogP contribution is 2.25. The lowest BCUT2D eigenvalue weighted by atomic mass is 10.1. The summed E-state index contributed by atoms with van der Waals surface area (Å²) in [4.78, 5) is 0.295. The van der Waals surface area contributed by atoms with E-state index in [0.717, 1.165) is 11.3 Å². The fourth-order valence-electron chi connectivity index (χ4n) is 2.27. The van der Waals surface area contributed by atoms with E-state index in [-0.39, 0.29) is 0 Å². The Bertz CT molecular complexity index is 721. The fourth-order valence-corrected chi connectivity index (χ4v) is 3.66. The van der Waals surface area contributed by atoms with Crippen molar-refractivity contribution in [3.63, 3.8) is 0 Å². The molecule has 6 heteroatoms. The molecule has 0 amide bonds. The first kappa shape index (κ1) is 16.6. The molecule has 120 valence electrons. The van der Waals surface area contributed by atoms with Crippen molar-refractivity contribution < 1.29 is 17.6 Å². The van der Waals surface area contributed by atoms with Crippen LogP contribution in [0.15, 0.2) is 39.8 Å². The van der Waals surface area contributed by atoms with Crippen molar-refractivity contribution in [1.29, 1.82) is 0 Å². The van der Waals surface area contributed by atoms with Crippen LogP contribution >= 0.6 is 0 Å². The van der Waals surface area contributed by atoms with Gasteiger partial charge < -0.3 is 9.15 Å². The molecule has 0 radical (unpaired) electrons. The highest BCUT2D eigenvalue weighted by molar-refractivity contribution is 7.89. The number of benzene rings is 1. The molecule has 0 fully saturated rings. The van der Waals surface area contributed by atoms with Gasteiger partial charge in [0.1, 0.15) is 11.5 Å². The summed E-state index contributed by atoms with van der Waals surface area (Å²) in [6.07, 6.45) is 3.00. The van der Waals surface area contributed by atoms with Crippen LogP contribution in [0, 0.1) is 13.8 Å². The van der Waals surface area contributed by atoms with Gasteiger partial charge >= 0.3 is 0 Å². The summed E-state index contributed by atoms with van der Waals surface area (Å²) >= 11 is 0. The summed E-state index contributed by atoms with van der Waals surface area (Å²) in [5, 5.41) is 0. The Morgan fingerprint density at radius 1 is 1.23 bits per heavy atom. The topological polar surface area (TPSA) is 68.5 Å². The normalized spacial score (nSPS) is 11.6. The zero-order chi connectivity index (χ0) is 16.2. The Hall–Kier alpha value is -1.79. The first-order chi connectivity index (χ1) is 10.4. The minimum Gasteiger partial charge on any atom is -0.496 e. The van der Waals surface area contributed by atoms with Crippen LogP contribution in [0.5, 0.6) is 5.75 Å². The molecule has 2 rings (SSSR count). The molecular weight excluding hydrogens is 302 g/mol. The summed E-state index contributed by atoms with van der Waals surface area (Å²) in [5.74, 6) is 1.55. The van der Waals surface area contributed by atoms with Crippen LogP contribution < -0.4 is 9.46 Å². The Balaban J connectivity index is 2.02. The molecule has 0 unspecified atom stereocenters. The highest BCUT2D eigenvalue weighted by atomic mass is 32.2. The monoisotopic (exact) mass is 323 g/mol. The molecule has 1 heterocycles. The van der Waals surface area contributed by atoms with E-state index in [9.17, 15) is 8.42 Å². The second-order valence-corrected chi connectivity index (χ2v) is 6.90. The number of ether oxygens (including phenoxy) is 1. The molecule has 0 aliphatic rings. The third-order valence-electron chi connectivity index (χ3n) is 3.45. The van der Waals surface area contributed by atoms with Gasteiger partial charge in [-0.2, -0.15) is 0 Å². The fraction of sp³-hybridized carbons (Fsp3) is 0.375. The van der Waals surface area contributed by atoms with Gasteiger partial charge in [0.05, 0.1) is 18.3 Å². The molecule has 0 aliphatic carbocycles. The Morgan fingerprint density at radius 2 is 2.00 bits per heavy atom. The molecule has 1 aromatic heterocycles. The molecule has 0 atom stereocenters. The first-order valence-electron chi connectivity index (χ1n) is 7.11. The van der Waals surface area contributed by atoms with Crippen molar-refractivity contribution in [1.82, 2.24) is 4.72 Å². The molecule has 2 aromatic rings. The minimum atomic E-state index is -3.52. The Labute approximate surface area is 131 Å². The Kier molecular flexibility index (Phi) is 5.26. The smallest absolute Gasteiger partial charge is 0.240 e. The third kappa shape index (κ3) is 3.90. The van der Waals surface area contributed by atoms with E-state index in [2.05, 4.69) is 4.72 Å². The lowest BCUT2D eigenvalue weighted by Gasteiger charge is -2.12. The number of nitrogens with one attached hydrogen (secondary N) is 1. The zero-order valence-electron chi connectivity index (χ0n) is 13.0. The summed E-state index contributed by atoms with van der Waals surface area (Å²) < 4.78 is 37.8. The molecule has 0 aliphatic heterocycles. The first-order valence-corrected chi connectivity index (χ1v) is 8.59. The number of sulfonamides is 1. The van der Waals surface area contributed by atoms with E-state index in [1.807, 2.05) is 19.1 Å². The molecule has 22 heavy (non-hydrogen) atoms. The summed E-state index contributed by atoms with van der Waals surface area (Å²) in [7, 11) is -1.94. The highest BCUT2D eigenvalue weighted by Gasteiger charge is 2.18. The van der Waals surface area contributed by atoms with Gasteiger partial charge in [-0.1, -0.05) is 0 Å². The summed E-state index contributed by atoms with van der Waals surface area (Å²) in [6.45, 7) is 3.96. The van der Waals surface area contributed by atoms with Crippen molar-refractivity contribution in [3.8, 4) is 5.75 Å². The average Bonchev–Trinajstić information content (AvgIpc) is 2.98. The second kappa shape index (κ2) is 6.98. The lowest BCUT2D eigenvalue weighted by molar-refractivity contribution is 0.411. The number of furan rings is 1. The quantitative estimate of drug-likeness (QED) is 0.796. The summed E-state index contributed by atoms with van der Waals surface area (Å²) in [6, 6.07) is 7.09. The maximum Gasteiger partial charge on any atom is 0.240 e. The predicted octanol–water partition coefficient (Wildman–Crippen LogP) is 2.82. The van der Waals surface area contributed by atoms with Crippen LogP contribution in [0.2, 0.25) is 0 Å². The van der Waals surface area contributed by atoms with Crippen LogP contribution in [-0.2, 0) is 16.4 Å². The predicted molar refractivity (Wildman–Crippen MR) is 84.7 cm³/mol. The van der Waals surface area contributed by atoms with Crippen molar-refractivity contribution >= 4 is 10.0 Å². The zero-order valence-corrected chi connectivity index (χ0v) is 13.9. The minimum absolute atomic E-state index is 0.295. The molecule has 5 nitrogen and oxygen atoms in total. The summed E-state index contributed by atoms with van der Waals surface area (Å²) in [5.41, 5.74) is 1.46. The third-order valence-corrected chi connectivity index (χ3v) is 5.06. The van der Waals surface area contributed by atoms with Gasteiger partial charge in [0, 0.05) is 13.0 Å². The van der Waals surface area contributed by atoms with E-state index >= 15 is 0 Å². The lowest BCUT2D eigenvalue weighted by Crippen LogP contribution is -2.26. The molecule has 0 spiro atoms. The molecule has 0 saturated heterocycles. The molecule has 0 saturated carbocycles. The van der Waals surface area contributed by atoms with Gasteiger partial charge in [-0.3, -0.25) is 0 Å². The number of hydrogen-bond acceptors (Lipinski definition) is 4. The molecule has 1 N–H and O–H groups in total. The van der Waals surface area contributed by atoms with Crippen LogP contribution in [0.1, 0.15) is 23.3 Å². The number of methoxy groups -OCH3 is 1. The van der Waals surface area contributed by atoms with Gasteiger partial charge in [-0.15, -0.1) is 0 Å². The van der Waals surface area contributed by atoms with Crippen molar-refractivity contribution in [2.45, 2.75) is 31.6 Å². The van der Waals surface area contributed by atoms with Gasteiger partial charge in [-0.25, -0.2) is 13.1 Å². The average molecular weight is 323 g/mol. The van der Waals surface area contributed by atoms with Gasteiger partial charge in [-0.05, 0) is 55.7 Å². The van der Waals surface area contributed by atoms with Crippen LogP contribution in [0.4, 0.5) is 0 Å². The maximum atomic E-state index is 12.4. The van der Waals surface area contributed by atoms with E-state index in [1.165, 1.54) is 0 Å². The second-order valence-electron chi connectivity index (χ2n) is 5.17. The van der Waals surface area contributed by atoms with E-state index in [4.69, 9.17) is 9.15 Å². The molecule has 0 bridgehead atoms. The number of aryl methyl sites for hydroxylation is 3. The van der Waals surface area contributed by atoms with Gasteiger partial charge in [0.2, 0.25) is 10.0 Å². The largest absolute Gasteiger partial charge is 0.496 e. The van der Waals surface area contributed by atoms with E-state index in [1.54, 1.807) is 32.4 Å². The number of hydrogen-bond donors (Lipinski definition) is 1.